The zero-order chi connectivity index (χ0) is 62.8. The standard InChI is InChI=1S/C58H64F14O11Si2/c1-7-9-11-13-37-15-21-43(49(31-37)81-57(67,68)69)45-33-39-17-19-41(35-47(39)79-51(45)73)77-27-23-53(59,60)55(63,64)25-29-84(5,75-3)83-85(6,76-4)30-26-56(65,66)54(61,62)24-28-78-42-20-18-40-34-46(52(74)80-48(40)36-42)44-22-16-38(14-12-10-8-2)32-50(44)82-58(70,71)72/h15-22,31-36H,7-14,23-30H2,1-6H3. The van der Waals surface area contributed by atoms with Crippen LogP contribution in [0.3, 0.4) is 0 Å². The van der Waals surface area contributed by atoms with Crippen LogP contribution in [-0.4, -0.2) is 81.0 Å². The van der Waals surface area contributed by atoms with Crippen LogP contribution in [-0.2, 0) is 25.8 Å². The van der Waals surface area contributed by atoms with Crippen molar-refractivity contribution < 1.29 is 102 Å². The third-order valence-corrected chi connectivity index (χ3v) is 21.7. The number of benzene rings is 4. The van der Waals surface area contributed by atoms with Gasteiger partial charge in [-0.25, -0.2) is 9.59 Å². The summed E-state index contributed by atoms with van der Waals surface area (Å²) in [5, 5.41) is 0.356. The SMILES string of the molecule is CCCCCc1ccc(-c2cc3ccc(OCCC(F)(F)C(F)(F)CC[Si](C)(OC)O[Si](C)(CCC(F)(F)C(F)(F)CCOc4ccc5cc(-c6ccc(CCCCC)cc6OC(F)(F)F)c(=O)oc5c4)OC)cc3oc2=O)c(OC(F)(F)F)c1. The predicted molar refractivity (Wildman–Crippen MR) is 293 cm³/mol. The first kappa shape index (κ1) is 68.0. The highest BCUT2D eigenvalue weighted by atomic mass is 28.5. The van der Waals surface area contributed by atoms with Gasteiger partial charge in [-0.15, -0.1) is 26.3 Å². The maximum absolute atomic E-state index is 15.4. The molecule has 6 aromatic rings. The highest BCUT2D eigenvalue weighted by Crippen LogP contribution is 2.45. The molecule has 0 aliphatic carbocycles. The molecule has 2 unspecified atom stereocenters. The summed E-state index contributed by atoms with van der Waals surface area (Å²) in [5.41, 5.74) is -2.39. The highest BCUT2D eigenvalue weighted by Gasteiger charge is 2.59. The second-order valence-corrected chi connectivity index (χ2v) is 27.9. The van der Waals surface area contributed by atoms with Gasteiger partial charge in [-0.05, 0) is 111 Å². The van der Waals surface area contributed by atoms with Gasteiger partial charge in [0, 0.05) is 61.1 Å². The molecule has 85 heavy (non-hydrogen) atoms. The maximum Gasteiger partial charge on any atom is 0.573 e. The van der Waals surface area contributed by atoms with E-state index in [1.54, 1.807) is 12.1 Å². The van der Waals surface area contributed by atoms with Gasteiger partial charge in [-0.3, -0.25) is 0 Å². The molecule has 0 spiro atoms. The molecular weight excluding hydrogens is 1190 g/mol. The number of fused-ring (bicyclic) bond motifs is 2. The molecule has 0 aliphatic rings. The van der Waals surface area contributed by atoms with Crippen molar-refractivity contribution in [2.45, 2.75) is 152 Å². The zero-order valence-corrected chi connectivity index (χ0v) is 49.2. The molecule has 11 nitrogen and oxygen atoms in total. The Labute approximate surface area is 481 Å². The second-order valence-electron chi connectivity index (χ2n) is 20.8. The van der Waals surface area contributed by atoms with Crippen LogP contribution in [0.1, 0.15) is 89.2 Å². The summed E-state index contributed by atoms with van der Waals surface area (Å²) in [7, 11) is -6.01. The molecule has 0 bridgehead atoms. The molecule has 0 aliphatic heterocycles. The molecule has 0 saturated carbocycles. The van der Waals surface area contributed by atoms with E-state index >= 15 is 35.1 Å². The predicted octanol–water partition coefficient (Wildman–Crippen LogP) is 17.5. The minimum atomic E-state index is -5.09. The van der Waals surface area contributed by atoms with Gasteiger partial charge in [0.05, 0.1) is 37.2 Å². The number of unbranched alkanes of at least 4 members (excludes halogenated alkanes) is 4. The highest BCUT2D eigenvalue weighted by molar-refractivity contribution is 6.80. The maximum atomic E-state index is 15.4. The van der Waals surface area contributed by atoms with E-state index in [1.807, 2.05) is 13.8 Å². The molecular formula is C58H64F14O11Si2. The third-order valence-electron chi connectivity index (χ3n) is 14.2. The Hall–Kier alpha value is -6.17. The van der Waals surface area contributed by atoms with Crippen LogP contribution in [0.25, 0.3) is 44.2 Å². The summed E-state index contributed by atoms with van der Waals surface area (Å²) < 4.78 is 250. The van der Waals surface area contributed by atoms with E-state index in [1.165, 1.54) is 73.8 Å². The first-order valence-electron chi connectivity index (χ1n) is 27.2. The lowest BCUT2D eigenvalue weighted by atomic mass is 10.00. The van der Waals surface area contributed by atoms with Crippen molar-refractivity contribution in [3.8, 4) is 45.3 Å². The van der Waals surface area contributed by atoms with E-state index in [0.717, 1.165) is 52.0 Å². The quantitative estimate of drug-likeness (QED) is 0.0173. The first-order valence-corrected chi connectivity index (χ1v) is 32.2. The molecule has 0 N–H and O–H groups in total. The molecule has 4 aromatic carbocycles. The summed E-state index contributed by atoms with van der Waals surface area (Å²) >= 11 is 0. The van der Waals surface area contributed by atoms with E-state index in [4.69, 9.17) is 31.3 Å². The van der Waals surface area contributed by atoms with Crippen LogP contribution < -0.4 is 30.2 Å². The van der Waals surface area contributed by atoms with Crippen LogP contribution in [0, 0.1) is 0 Å². The fourth-order valence-electron chi connectivity index (χ4n) is 9.14. The van der Waals surface area contributed by atoms with Crippen LogP contribution in [0.15, 0.2) is 103 Å². The van der Waals surface area contributed by atoms with Crippen LogP contribution in [0.4, 0.5) is 61.5 Å². The van der Waals surface area contributed by atoms with E-state index in [-0.39, 0.29) is 55.7 Å². The van der Waals surface area contributed by atoms with Crippen molar-refractivity contribution in [3.63, 3.8) is 0 Å². The lowest BCUT2D eigenvalue weighted by Crippen LogP contribution is -2.53. The van der Waals surface area contributed by atoms with Crippen LogP contribution in [0.5, 0.6) is 23.0 Å². The molecule has 0 amide bonds. The number of hydrogen-bond donors (Lipinski definition) is 0. The smallest absolute Gasteiger partial charge is 0.493 e. The first-order chi connectivity index (χ1) is 39.6. The van der Waals surface area contributed by atoms with Gasteiger partial charge in [0.1, 0.15) is 34.2 Å². The van der Waals surface area contributed by atoms with Gasteiger partial charge in [-0.2, -0.15) is 35.1 Å². The van der Waals surface area contributed by atoms with E-state index in [2.05, 4.69) is 9.47 Å². The molecule has 6 rings (SSSR count). The molecule has 2 atom stereocenters. The van der Waals surface area contributed by atoms with Gasteiger partial charge in [-0.1, -0.05) is 63.8 Å². The minimum absolute atomic E-state index is 0.172. The fraction of sp³-hybridized carbons (Fsp3) is 0.483. The Bertz CT molecular complexity index is 3120. The topological polar surface area (TPSA) is 125 Å². The Kier molecular flexibility index (Phi) is 22.1. The number of ether oxygens (including phenoxy) is 4. The number of aryl methyl sites for hydroxylation is 2. The van der Waals surface area contributed by atoms with E-state index in [0.29, 0.717) is 36.8 Å². The Balaban J connectivity index is 1.02. The Morgan fingerprint density at radius 2 is 0.812 bits per heavy atom. The number of rotatable bonds is 32. The van der Waals surface area contributed by atoms with E-state index < -0.39 is 127 Å². The van der Waals surface area contributed by atoms with Crippen molar-refractivity contribution in [2.75, 3.05) is 27.4 Å². The summed E-state index contributed by atoms with van der Waals surface area (Å²) in [6.07, 6.45) is -10.6. The molecule has 27 heteroatoms. The Morgan fingerprint density at radius 1 is 0.447 bits per heavy atom. The fourth-order valence-corrected chi connectivity index (χ4v) is 16.2. The van der Waals surface area contributed by atoms with Crippen molar-refractivity contribution in [2.24, 2.45) is 0 Å². The molecule has 0 radical (unpaired) electrons. The number of hydrogen-bond acceptors (Lipinski definition) is 11. The third kappa shape index (κ3) is 18.4. The van der Waals surface area contributed by atoms with Gasteiger partial charge in [0.2, 0.25) is 0 Å². The van der Waals surface area contributed by atoms with Gasteiger partial charge < -0.3 is 40.7 Å². The van der Waals surface area contributed by atoms with Crippen molar-refractivity contribution in [3.05, 3.63) is 117 Å². The van der Waals surface area contributed by atoms with Gasteiger partial charge in [0.25, 0.3) is 0 Å². The molecule has 2 heterocycles. The molecule has 0 fully saturated rings. The lowest BCUT2D eigenvalue weighted by molar-refractivity contribution is -0.275. The van der Waals surface area contributed by atoms with Gasteiger partial charge >= 0.3 is 64.8 Å². The molecule has 2 aromatic heterocycles. The summed E-state index contributed by atoms with van der Waals surface area (Å²) in [6.45, 7) is 4.32. The van der Waals surface area contributed by atoms with Crippen LogP contribution in [0.2, 0.25) is 25.2 Å². The van der Waals surface area contributed by atoms with Crippen molar-refractivity contribution in [1.29, 1.82) is 0 Å². The second kappa shape index (κ2) is 27.7. The average molecular weight is 1260 g/mol. The number of alkyl halides is 14. The number of halogens is 14. The normalized spacial score (nSPS) is 14.4. The minimum Gasteiger partial charge on any atom is -0.493 e. The van der Waals surface area contributed by atoms with Crippen LogP contribution >= 0.6 is 0 Å². The monoisotopic (exact) mass is 1260 g/mol. The molecule has 468 valence electrons. The largest absolute Gasteiger partial charge is 0.573 e. The molecule has 0 saturated heterocycles. The zero-order valence-electron chi connectivity index (χ0n) is 47.2. The van der Waals surface area contributed by atoms with E-state index in [9.17, 15) is 35.9 Å². The summed E-state index contributed by atoms with van der Waals surface area (Å²) in [5.74, 6) is -20.6. The summed E-state index contributed by atoms with van der Waals surface area (Å²) in [6, 6.07) is 16.2. The van der Waals surface area contributed by atoms with Crippen molar-refractivity contribution >= 4 is 39.1 Å². The summed E-state index contributed by atoms with van der Waals surface area (Å²) in [4.78, 5) is 26.2. The average Bonchev–Trinajstić information content (AvgIpc) is 1.62. The lowest BCUT2D eigenvalue weighted by Gasteiger charge is -2.37. The van der Waals surface area contributed by atoms with Crippen molar-refractivity contribution in [1.82, 2.24) is 0 Å². The Morgan fingerprint density at radius 3 is 1.15 bits per heavy atom. The van der Waals surface area contributed by atoms with Gasteiger partial charge in [0.15, 0.2) is 0 Å².